The number of amides is 1. The zero-order valence-electron chi connectivity index (χ0n) is 16.9. The minimum absolute atomic E-state index is 0.102. The van der Waals surface area contributed by atoms with Gasteiger partial charge in [0.2, 0.25) is 0 Å². The summed E-state index contributed by atoms with van der Waals surface area (Å²) >= 11 is 6.38. The van der Waals surface area contributed by atoms with E-state index in [2.05, 4.69) is 0 Å². The third-order valence-corrected chi connectivity index (χ3v) is 5.73. The highest BCUT2D eigenvalue weighted by atomic mass is 32.2. The average molecular weight is 461 g/mol. The minimum Gasteiger partial charge on any atom is -0.493 e. The summed E-state index contributed by atoms with van der Waals surface area (Å²) in [6, 6.07) is 11.5. The van der Waals surface area contributed by atoms with E-state index in [-0.39, 0.29) is 24.8 Å². The number of nitro benzene ring substituents is 1. The van der Waals surface area contributed by atoms with Crippen LogP contribution in [0.2, 0.25) is 0 Å². The minimum atomic E-state index is -0.497. The molecular formula is C21H20N2O6S2. The fourth-order valence-corrected chi connectivity index (χ4v) is 4.22. The Hall–Kier alpha value is -3.11. The third-order valence-electron chi connectivity index (χ3n) is 4.35. The standard InChI is InChI=1S/C21H20N2O6S2/c1-3-22-20(24)19(31-21(22)30)13-14-12-15(23(25)26)8-9-16(14)28-10-11-29-18-7-5-4-6-17(18)27-2/h4-9,12-13H,3,10-11H2,1-2H3/b19-13+. The molecule has 162 valence electrons. The second-order valence-corrected chi connectivity index (χ2v) is 7.93. The van der Waals surface area contributed by atoms with Gasteiger partial charge in [0.15, 0.2) is 11.5 Å². The molecule has 10 heteroatoms. The summed E-state index contributed by atoms with van der Waals surface area (Å²) in [6.45, 7) is 2.71. The Morgan fingerprint density at radius 3 is 2.42 bits per heavy atom. The molecular weight excluding hydrogens is 440 g/mol. The first-order chi connectivity index (χ1) is 14.9. The van der Waals surface area contributed by atoms with Crippen LogP contribution in [0.4, 0.5) is 5.69 Å². The normalized spacial score (nSPS) is 14.8. The van der Waals surface area contributed by atoms with Crippen LogP contribution in [-0.2, 0) is 4.79 Å². The Morgan fingerprint density at radius 2 is 1.81 bits per heavy atom. The summed E-state index contributed by atoms with van der Waals surface area (Å²) in [6.07, 6.45) is 1.57. The topological polar surface area (TPSA) is 91.1 Å². The zero-order valence-corrected chi connectivity index (χ0v) is 18.5. The predicted molar refractivity (Wildman–Crippen MR) is 123 cm³/mol. The third kappa shape index (κ3) is 5.33. The monoisotopic (exact) mass is 460 g/mol. The van der Waals surface area contributed by atoms with Gasteiger partial charge in [-0.25, -0.2) is 0 Å². The van der Waals surface area contributed by atoms with Gasteiger partial charge in [0.25, 0.3) is 11.6 Å². The molecule has 1 fully saturated rings. The highest BCUT2D eigenvalue weighted by molar-refractivity contribution is 8.26. The quantitative estimate of drug-likeness (QED) is 0.180. The second-order valence-electron chi connectivity index (χ2n) is 6.25. The molecule has 2 aromatic rings. The number of methoxy groups -OCH3 is 1. The molecule has 1 amide bonds. The highest BCUT2D eigenvalue weighted by Crippen LogP contribution is 2.35. The van der Waals surface area contributed by atoms with Crippen molar-refractivity contribution in [1.29, 1.82) is 0 Å². The van der Waals surface area contributed by atoms with Crippen molar-refractivity contribution in [3.05, 3.63) is 63.0 Å². The van der Waals surface area contributed by atoms with Crippen LogP contribution in [0.5, 0.6) is 17.2 Å². The SMILES string of the molecule is CCN1C(=O)/C(=C\c2cc([N+](=O)[O-])ccc2OCCOc2ccccc2OC)SC1=S. The molecule has 0 N–H and O–H groups in total. The van der Waals surface area contributed by atoms with Gasteiger partial charge in [-0.15, -0.1) is 0 Å². The van der Waals surface area contributed by atoms with Crippen molar-refractivity contribution in [3.8, 4) is 17.2 Å². The molecule has 0 atom stereocenters. The lowest BCUT2D eigenvalue weighted by molar-refractivity contribution is -0.384. The fraction of sp³-hybridized carbons (Fsp3) is 0.238. The van der Waals surface area contributed by atoms with Crippen molar-refractivity contribution < 1.29 is 23.9 Å². The Kier molecular flexibility index (Phi) is 7.48. The van der Waals surface area contributed by atoms with E-state index in [4.69, 9.17) is 26.4 Å². The maximum atomic E-state index is 12.5. The molecule has 0 spiro atoms. The van der Waals surface area contributed by atoms with Crippen LogP contribution in [0, 0.1) is 10.1 Å². The van der Waals surface area contributed by atoms with Gasteiger partial charge < -0.3 is 14.2 Å². The summed E-state index contributed by atoms with van der Waals surface area (Å²) in [7, 11) is 1.56. The molecule has 3 rings (SSSR count). The number of ether oxygens (including phenoxy) is 3. The molecule has 0 bridgehead atoms. The summed E-state index contributed by atoms with van der Waals surface area (Å²) in [5.74, 6) is 1.36. The van der Waals surface area contributed by atoms with E-state index in [1.54, 1.807) is 25.3 Å². The summed E-state index contributed by atoms with van der Waals surface area (Å²) in [5.41, 5.74) is 0.318. The van der Waals surface area contributed by atoms with Gasteiger partial charge in [0.05, 0.1) is 16.9 Å². The molecule has 31 heavy (non-hydrogen) atoms. The van der Waals surface area contributed by atoms with Crippen molar-refractivity contribution in [3.63, 3.8) is 0 Å². The van der Waals surface area contributed by atoms with Crippen molar-refractivity contribution in [2.75, 3.05) is 26.9 Å². The maximum Gasteiger partial charge on any atom is 0.270 e. The van der Waals surface area contributed by atoms with Crippen molar-refractivity contribution in [2.24, 2.45) is 0 Å². The van der Waals surface area contributed by atoms with Crippen LogP contribution in [-0.4, -0.2) is 46.9 Å². The zero-order chi connectivity index (χ0) is 22.4. The molecule has 0 aliphatic carbocycles. The fourth-order valence-electron chi connectivity index (χ4n) is 2.85. The molecule has 0 unspecified atom stereocenters. The number of hydrogen-bond acceptors (Lipinski definition) is 8. The van der Waals surface area contributed by atoms with E-state index in [9.17, 15) is 14.9 Å². The Labute approximate surface area is 188 Å². The first kappa shape index (κ1) is 22.6. The Balaban J connectivity index is 1.76. The summed E-state index contributed by atoms with van der Waals surface area (Å²) in [5, 5.41) is 11.2. The van der Waals surface area contributed by atoms with Gasteiger partial charge in [0, 0.05) is 24.2 Å². The number of non-ortho nitro benzene ring substituents is 1. The number of nitrogens with zero attached hydrogens (tertiary/aromatic N) is 2. The van der Waals surface area contributed by atoms with E-state index in [0.29, 0.717) is 38.6 Å². The number of likely N-dealkylation sites (N-methyl/N-ethyl adjacent to an activating group) is 1. The van der Waals surface area contributed by atoms with E-state index < -0.39 is 4.92 Å². The van der Waals surface area contributed by atoms with E-state index in [1.165, 1.54) is 23.1 Å². The summed E-state index contributed by atoms with van der Waals surface area (Å²) < 4.78 is 17.2. The lowest BCUT2D eigenvalue weighted by atomic mass is 10.1. The lowest BCUT2D eigenvalue weighted by Crippen LogP contribution is -2.27. The van der Waals surface area contributed by atoms with Gasteiger partial charge in [-0.3, -0.25) is 19.8 Å². The number of thiocarbonyl (C=S) groups is 1. The lowest BCUT2D eigenvalue weighted by Gasteiger charge is -2.12. The van der Waals surface area contributed by atoms with Crippen molar-refractivity contribution >= 4 is 46.0 Å². The Bertz CT molecular complexity index is 1040. The predicted octanol–water partition coefficient (Wildman–Crippen LogP) is 4.28. The molecule has 0 aromatic heterocycles. The molecule has 8 nitrogen and oxygen atoms in total. The van der Waals surface area contributed by atoms with Crippen LogP contribution >= 0.6 is 24.0 Å². The van der Waals surface area contributed by atoms with Crippen molar-refractivity contribution in [1.82, 2.24) is 4.90 Å². The Morgan fingerprint density at radius 1 is 1.13 bits per heavy atom. The second kappa shape index (κ2) is 10.3. The van der Waals surface area contributed by atoms with Crippen LogP contribution in [0.1, 0.15) is 12.5 Å². The molecule has 1 heterocycles. The van der Waals surface area contributed by atoms with Crippen LogP contribution < -0.4 is 14.2 Å². The molecule has 1 saturated heterocycles. The number of nitro groups is 1. The number of carbonyl (C=O) groups is 1. The highest BCUT2D eigenvalue weighted by Gasteiger charge is 2.31. The van der Waals surface area contributed by atoms with Crippen LogP contribution in [0.3, 0.4) is 0 Å². The van der Waals surface area contributed by atoms with Crippen LogP contribution in [0.25, 0.3) is 6.08 Å². The number of thioether (sulfide) groups is 1. The van der Waals surface area contributed by atoms with Gasteiger partial charge >= 0.3 is 0 Å². The molecule has 0 saturated carbocycles. The van der Waals surface area contributed by atoms with Crippen molar-refractivity contribution in [2.45, 2.75) is 6.92 Å². The average Bonchev–Trinajstić information content (AvgIpc) is 3.04. The van der Waals surface area contributed by atoms with Crippen LogP contribution in [0.15, 0.2) is 47.4 Å². The largest absolute Gasteiger partial charge is 0.493 e. The smallest absolute Gasteiger partial charge is 0.270 e. The van der Waals surface area contributed by atoms with Gasteiger partial charge in [0.1, 0.15) is 23.3 Å². The number of hydrogen-bond donors (Lipinski definition) is 0. The molecule has 1 aliphatic heterocycles. The molecule has 2 aromatic carbocycles. The molecule has 0 radical (unpaired) electrons. The van der Waals surface area contributed by atoms with Gasteiger partial charge in [-0.05, 0) is 31.2 Å². The number of para-hydroxylation sites is 2. The van der Waals surface area contributed by atoms with Gasteiger partial charge in [-0.2, -0.15) is 0 Å². The van der Waals surface area contributed by atoms with E-state index in [0.717, 1.165) is 11.8 Å². The number of benzene rings is 2. The number of carbonyl (C=O) groups excluding carboxylic acids is 1. The number of rotatable bonds is 9. The maximum absolute atomic E-state index is 12.5. The first-order valence-corrected chi connectivity index (χ1v) is 10.6. The first-order valence-electron chi connectivity index (χ1n) is 9.37. The van der Waals surface area contributed by atoms with Gasteiger partial charge in [-0.1, -0.05) is 36.1 Å². The van der Waals surface area contributed by atoms with E-state index in [1.807, 2.05) is 19.1 Å². The molecule has 1 aliphatic rings. The summed E-state index contributed by atoms with van der Waals surface area (Å²) in [4.78, 5) is 25.1. The van der Waals surface area contributed by atoms with E-state index >= 15 is 0 Å².